The third-order valence-electron chi connectivity index (χ3n) is 4.03. The first-order chi connectivity index (χ1) is 13.9. The van der Waals surface area contributed by atoms with Crippen LogP contribution in [-0.2, 0) is 5.75 Å². The van der Waals surface area contributed by atoms with Crippen molar-refractivity contribution in [2.24, 2.45) is 0 Å². The molecule has 6 nitrogen and oxygen atoms in total. The van der Waals surface area contributed by atoms with Crippen molar-refractivity contribution in [2.75, 3.05) is 13.7 Å². The average molecular weight is 413 g/mol. The van der Waals surface area contributed by atoms with E-state index in [-0.39, 0.29) is 12.2 Å². The van der Waals surface area contributed by atoms with Gasteiger partial charge in [-0.3, -0.25) is 9.36 Å². The summed E-state index contributed by atoms with van der Waals surface area (Å²) in [5.41, 5.74) is 0.618. The molecule has 0 unspecified atom stereocenters. The molecule has 7 heteroatoms. The lowest BCUT2D eigenvalue weighted by Crippen LogP contribution is -2.28. The summed E-state index contributed by atoms with van der Waals surface area (Å²) in [5, 5.41) is 10.3. The number of thioether (sulfide) groups is 1. The molecule has 1 aromatic heterocycles. The van der Waals surface area contributed by atoms with Crippen LogP contribution in [0.2, 0.25) is 0 Å². The zero-order chi connectivity index (χ0) is 20.9. The number of methoxy groups -OCH3 is 1. The fourth-order valence-corrected chi connectivity index (χ4v) is 3.45. The van der Waals surface area contributed by atoms with Gasteiger partial charge in [-0.1, -0.05) is 42.1 Å². The summed E-state index contributed by atoms with van der Waals surface area (Å²) in [6.45, 7) is 3.45. The van der Waals surface area contributed by atoms with Crippen molar-refractivity contribution in [3.05, 3.63) is 76.8 Å². The maximum Gasteiger partial charge on any atom is 0.287 e. The highest BCUT2D eigenvalue weighted by molar-refractivity contribution is 7.98. The number of aromatic nitrogens is 2. The smallest absolute Gasteiger partial charge is 0.287 e. The first-order valence-electron chi connectivity index (χ1n) is 9.15. The van der Waals surface area contributed by atoms with E-state index in [0.717, 1.165) is 5.56 Å². The number of hydrogen-bond donors (Lipinski definition) is 1. The molecular formula is C22H24N2O4S. The van der Waals surface area contributed by atoms with Gasteiger partial charge >= 0.3 is 0 Å². The van der Waals surface area contributed by atoms with Crippen molar-refractivity contribution in [2.45, 2.75) is 30.2 Å². The number of nitrogens with zero attached hydrogens (tertiary/aromatic N) is 2. The molecule has 0 aliphatic rings. The van der Waals surface area contributed by atoms with Crippen LogP contribution in [0.25, 0.3) is 5.69 Å². The van der Waals surface area contributed by atoms with E-state index in [9.17, 15) is 9.90 Å². The Bertz CT molecular complexity index is 1010. The summed E-state index contributed by atoms with van der Waals surface area (Å²) in [7, 11) is 1.53. The Morgan fingerprint density at radius 2 is 1.90 bits per heavy atom. The molecule has 152 valence electrons. The van der Waals surface area contributed by atoms with Crippen LogP contribution in [-0.4, -0.2) is 34.0 Å². The average Bonchev–Trinajstić information content (AvgIpc) is 2.71. The molecule has 1 heterocycles. The molecule has 3 rings (SSSR count). The minimum atomic E-state index is -0.962. The Kier molecular flexibility index (Phi) is 6.61. The van der Waals surface area contributed by atoms with Crippen LogP contribution < -0.4 is 15.0 Å². The third-order valence-corrected chi connectivity index (χ3v) is 5.07. The summed E-state index contributed by atoms with van der Waals surface area (Å²) in [5.74, 6) is 1.65. The number of hydrogen-bond acceptors (Lipinski definition) is 6. The van der Waals surface area contributed by atoms with Gasteiger partial charge in [-0.05, 0) is 31.5 Å². The van der Waals surface area contributed by atoms with Crippen molar-refractivity contribution in [1.82, 2.24) is 9.55 Å². The predicted octanol–water partition coefficient (Wildman–Crippen LogP) is 3.68. The van der Waals surface area contributed by atoms with Crippen LogP contribution in [0.5, 0.6) is 11.5 Å². The molecule has 0 atom stereocenters. The molecule has 0 saturated carbocycles. The van der Waals surface area contributed by atoms with Crippen molar-refractivity contribution in [3.63, 3.8) is 0 Å². The summed E-state index contributed by atoms with van der Waals surface area (Å²) in [4.78, 5) is 17.1. The molecule has 0 saturated heterocycles. The summed E-state index contributed by atoms with van der Waals surface area (Å²) < 4.78 is 12.6. The van der Waals surface area contributed by atoms with Gasteiger partial charge in [0.2, 0.25) is 0 Å². The zero-order valence-electron chi connectivity index (χ0n) is 16.7. The second-order valence-corrected chi connectivity index (χ2v) is 8.08. The van der Waals surface area contributed by atoms with Gasteiger partial charge in [0.15, 0.2) is 16.5 Å². The number of aliphatic hydroxyl groups is 1. The third kappa shape index (κ3) is 5.62. The van der Waals surface area contributed by atoms with Gasteiger partial charge in [-0.25, -0.2) is 4.98 Å². The molecule has 0 amide bonds. The lowest BCUT2D eigenvalue weighted by Gasteiger charge is -2.19. The highest BCUT2D eigenvalue weighted by atomic mass is 32.2. The Balaban J connectivity index is 1.84. The fourth-order valence-electron chi connectivity index (χ4n) is 2.60. The van der Waals surface area contributed by atoms with E-state index in [1.807, 2.05) is 30.3 Å². The molecule has 0 spiro atoms. The molecule has 29 heavy (non-hydrogen) atoms. The van der Waals surface area contributed by atoms with Gasteiger partial charge in [-0.2, -0.15) is 0 Å². The van der Waals surface area contributed by atoms with Crippen LogP contribution in [0.4, 0.5) is 0 Å². The molecule has 1 N–H and O–H groups in total. The Labute approximate surface area is 174 Å². The van der Waals surface area contributed by atoms with E-state index in [1.54, 1.807) is 44.4 Å². The van der Waals surface area contributed by atoms with E-state index in [2.05, 4.69) is 4.98 Å². The Hall–Kier alpha value is -2.77. The quantitative estimate of drug-likeness (QED) is 0.569. The lowest BCUT2D eigenvalue weighted by molar-refractivity contribution is 0.0276. The highest BCUT2D eigenvalue weighted by Gasteiger charge is 2.16. The SMILES string of the molecule is COc1cc(-n2ccnc(SCc3ccccc3)c2=O)ccc1OCC(C)(C)O. The largest absolute Gasteiger partial charge is 0.493 e. The molecule has 0 fully saturated rings. The maximum atomic E-state index is 12.9. The van der Waals surface area contributed by atoms with Gasteiger partial charge in [0.1, 0.15) is 6.61 Å². The molecule has 2 aromatic carbocycles. The first kappa shape index (κ1) is 21.0. The molecule has 0 aliphatic carbocycles. The van der Waals surface area contributed by atoms with Crippen molar-refractivity contribution in [1.29, 1.82) is 0 Å². The van der Waals surface area contributed by atoms with E-state index < -0.39 is 5.60 Å². The Morgan fingerprint density at radius 3 is 2.59 bits per heavy atom. The van der Waals surface area contributed by atoms with E-state index in [0.29, 0.717) is 28.0 Å². The van der Waals surface area contributed by atoms with Crippen LogP contribution in [0, 0.1) is 0 Å². The van der Waals surface area contributed by atoms with Crippen molar-refractivity contribution < 1.29 is 14.6 Å². The summed E-state index contributed by atoms with van der Waals surface area (Å²) >= 11 is 1.40. The van der Waals surface area contributed by atoms with E-state index in [1.165, 1.54) is 23.4 Å². The normalized spacial score (nSPS) is 11.3. The van der Waals surface area contributed by atoms with Gasteiger partial charge < -0.3 is 14.6 Å². The second-order valence-electron chi connectivity index (χ2n) is 7.12. The first-order valence-corrected chi connectivity index (χ1v) is 10.1. The number of ether oxygens (including phenoxy) is 2. The molecular weight excluding hydrogens is 388 g/mol. The predicted molar refractivity (Wildman–Crippen MR) is 114 cm³/mol. The molecule has 0 bridgehead atoms. The fraction of sp³-hybridized carbons (Fsp3) is 0.273. The highest BCUT2D eigenvalue weighted by Crippen LogP contribution is 2.30. The maximum absolute atomic E-state index is 12.9. The lowest BCUT2D eigenvalue weighted by atomic mass is 10.2. The standard InChI is InChI=1S/C22H24N2O4S/c1-22(2,26)15-28-18-10-9-17(13-19(18)27-3)24-12-11-23-20(21(24)25)29-14-16-7-5-4-6-8-16/h4-13,26H,14-15H2,1-3H3. The number of benzene rings is 2. The Morgan fingerprint density at radius 1 is 1.14 bits per heavy atom. The number of rotatable bonds is 8. The summed E-state index contributed by atoms with van der Waals surface area (Å²) in [6.07, 6.45) is 3.24. The van der Waals surface area contributed by atoms with Gasteiger partial charge in [-0.15, -0.1) is 0 Å². The van der Waals surface area contributed by atoms with Crippen molar-refractivity contribution >= 4 is 11.8 Å². The van der Waals surface area contributed by atoms with Gasteiger partial charge in [0.25, 0.3) is 5.56 Å². The topological polar surface area (TPSA) is 73.6 Å². The summed E-state index contributed by atoms with van der Waals surface area (Å²) in [6, 6.07) is 15.2. The van der Waals surface area contributed by atoms with E-state index in [4.69, 9.17) is 9.47 Å². The van der Waals surface area contributed by atoms with Crippen LogP contribution >= 0.6 is 11.8 Å². The van der Waals surface area contributed by atoms with Gasteiger partial charge in [0.05, 0.1) is 18.4 Å². The monoisotopic (exact) mass is 412 g/mol. The van der Waals surface area contributed by atoms with E-state index >= 15 is 0 Å². The van der Waals surface area contributed by atoms with Crippen LogP contribution in [0.3, 0.4) is 0 Å². The zero-order valence-corrected chi connectivity index (χ0v) is 17.5. The minimum absolute atomic E-state index is 0.123. The van der Waals surface area contributed by atoms with Crippen LogP contribution in [0.15, 0.2) is 70.7 Å². The second kappa shape index (κ2) is 9.15. The molecule has 0 radical (unpaired) electrons. The molecule has 3 aromatic rings. The minimum Gasteiger partial charge on any atom is -0.493 e. The molecule has 0 aliphatic heterocycles. The van der Waals surface area contributed by atoms with Crippen molar-refractivity contribution in [3.8, 4) is 17.2 Å². The van der Waals surface area contributed by atoms with Gasteiger partial charge in [0, 0.05) is 24.2 Å². The van der Waals surface area contributed by atoms with Crippen LogP contribution in [0.1, 0.15) is 19.4 Å².